The van der Waals surface area contributed by atoms with E-state index in [2.05, 4.69) is 20.1 Å². The summed E-state index contributed by atoms with van der Waals surface area (Å²) in [4.78, 5) is 39.5. The van der Waals surface area contributed by atoms with Crippen LogP contribution in [0.5, 0.6) is 11.5 Å². The number of carbonyl (C=O) groups excluding carboxylic acids is 3. The third-order valence-corrected chi connectivity index (χ3v) is 5.69. The van der Waals surface area contributed by atoms with Crippen LogP contribution in [-0.4, -0.2) is 49.9 Å². The van der Waals surface area contributed by atoms with E-state index >= 15 is 0 Å². The van der Waals surface area contributed by atoms with Crippen molar-refractivity contribution in [1.82, 2.24) is 10.2 Å². The van der Waals surface area contributed by atoms with Crippen LogP contribution >= 0.6 is 0 Å². The zero-order valence-corrected chi connectivity index (χ0v) is 20.4. The number of rotatable bonds is 11. The van der Waals surface area contributed by atoms with Gasteiger partial charge >= 0.3 is 13.2 Å². The normalized spacial score (nSPS) is 13.8. The van der Waals surface area contributed by atoms with E-state index in [1.54, 1.807) is 25.1 Å². The SMILES string of the molecule is Cc1cccc(NC(=O)C2CC2)c1C(=O)NC(CC(=O)N(C)C)c1ccc(OC(F)F)c(OC(F)F)c1. The predicted octanol–water partition coefficient (Wildman–Crippen LogP) is 4.50. The summed E-state index contributed by atoms with van der Waals surface area (Å²) < 4.78 is 59.9. The Kier molecular flexibility index (Phi) is 8.95. The lowest BCUT2D eigenvalue weighted by Gasteiger charge is -2.23. The van der Waals surface area contributed by atoms with E-state index in [4.69, 9.17) is 0 Å². The van der Waals surface area contributed by atoms with Gasteiger partial charge in [0.25, 0.3) is 5.91 Å². The van der Waals surface area contributed by atoms with Crippen molar-refractivity contribution in [3.05, 3.63) is 53.1 Å². The van der Waals surface area contributed by atoms with Gasteiger partial charge in [0.2, 0.25) is 11.8 Å². The molecule has 0 aromatic heterocycles. The number of nitrogens with zero attached hydrogens (tertiary/aromatic N) is 1. The van der Waals surface area contributed by atoms with E-state index in [0.717, 1.165) is 25.0 Å². The molecular formula is C25H27F4N3O5. The van der Waals surface area contributed by atoms with Crippen LogP contribution in [-0.2, 0) is 9.59 Å². The number of nitrogens with one attached hydrogen (secondary N) is 2. The molecule has 0 aliphatic heterocycles. The summed E-state index contributed by atoms with van der Waals surface area (Å²) in [6.07, 6.45) is 1.25. The third kappa shape index (κ3) is 7.58. The lowest BCUT2D eigenvalue weighted by Crippen LogP contribution is -2.34. The van der Waals surface area contributed by atoms with Gasteiger partial charge in [0.15, 0.2) is 11.5 Å². The number of amides is 3. The quantitative estimate of drug-likeness (QED) is 0.422. The highest BCUT2D eigenvalue weighted by Gasteiger charge is 2.31. The van der Waals surface area contributed by atoms with E-state index in [1.165, 1.54) is 25.1 Å². The van der Waals surface area contributed by atoms with Gasteiger partial charge in [-0.3, -0.25) is 14.4 Å². The van der Waals surface area contributed by atoms with E-state index in [0.29, 0.717) is 5.56 Å². The zero-order valence-electron chi connectivity index (χ0n) is 20.4. The lowest BCUT2D eigenvalue weighted by atomic mass is 10.00. The lowest BCUT2D eigenvalue weighted by molar-refractivity contribution is -0.129. The fourth-order valence-corrected chi connectivity index (χ4v) is 3.62. The highest BCUT2D eigenvalue weighted by molar-refractivity contribution is 6.05. The van der Waals surface area contributed by atoms with Crippen LogP contribution in [0.4, 0.5) is 23.2 Å². The number of alkyl halides is 4. The molecule has 1 atom stereocenters. The molecule has 37 heavy (non-hydrogen) atoms. The number of hydrogen-bond donors (Lipinski definition) is 2. The van der Waals surface area contributed by atoms with Gasteiger partial charge in [-0.25, -0.2) is 0 Å². The molecule has 1 aliphatic carbocycles. The summed E-state index contributed by atoms with van der Waals surface area (Å²) in [6.45, 7) is -4.95. The summed E-state index contributed by atoms with van der Waals surface area (Å²) in [5.74, 6) is -2.66. The second-order valence-electron chi connectivity index (χ2n) is 8.74. The van der Waals surface area contributed by atoms with Crippen molar-refractivity contribution in [3.8, 4) is 11.5 Å². The zero-order chi connectivity index (χ0) is 27.3. The minimum absolute atomic E-state index is 0.107. The molecule has 3 rings (SSSR count). The van der Waals surface area contributed by atoms with Crippen molar-refractivity contribution < 1.29 is 41.4 Å². The third-order valence-electron chi connectivity index (χ3n) is 5.69. The molecule has 8 nitrogen and oxygen atoms in total. The first-order valence-corrected chi connectivity index (χ1v) is 11.4. The molecule has 1 fully saturated rings. The van der Waals surface area contributed by atoms with Crippen molar-refractivity contribution in [2.75, 3.05) is 19.4 Å². The Morgan fingerprint density at radius 2 is 1.65 bits per heavy atom. The van der Waals surface area contributed by atoms with Gasteiger partial charge in [0.05, 0.1) is 23.7 Å². The van der Waals surface area contributed by atoms with E-state index in [1.807, 2.05) is 0 Å². The number of carbonyl (C=O) groups is 3. The Bertz CT molecular complexity index is 1160. The molecule has 0 heterocycles. The largest absolute Gasteiger partial charge is 0.431 e. The molecule has 200 valence electrons. The summed E-state index contributed by atoms with van der Waals surface area (Å²) in [7, 11) is 3.00. The summed E-state index contributed by atoms with van der Waals surface area (Å²) in [5.41, 5.74) is 1.14. The van der Waals surface area contributed by atoms with Gasteiger partial charge in [-0.2, -0.15) is 17.6 Å². The van der Waals surface area contributed by atoms with Gasteiger partial charge in [0, 0.05) is 20.0 Å². The van der Waals surface area contributed by atoms with Gasteiger partial charge in [-0.1, -0.05) is 18.2 Å². The average Bonchev–Trinajstić information content (AvgIpc) is 3.64. The average molecular weight is 525 g/mol. The summed E-state index contributed by atoms with van der Waals surface area (Å²) >= 11 is 0. The van der Waals surface area contributed by atoms with Crippen molar-refractivity contribution in [1.29, 1.82) is 0 Å². The number of benzene rings is 2. The Labute approximate surface area is 210 Å². The highest BCUT2D eigenvalue weighted by atomic mass is 19.3. The standard InChI is InChI=1S/C25H27F4N3O5/c1-13-5-4-6-16(30-22(34)14-7-8-14)21(13)23(35)31-17(12-20(33)32(2)3)15-9-10-18(36-24(26)27)19(11-15)37-25(28)29/h4-6,9-11,14,17,24-25H,7-8,12H2,1-3H3,(H,30,34)(H,31,35). The topological polar surface area (TPSA) is 97.0 Å². The molecule has 2 aromatic carbocycles. The van der Waals surface area contributed by atoms with Crippen molar-refractivity contribution in [3.63, 3.8) is 0 Å². The van der Waals surface area contributed by atoms with Crippen LogP contribution in [0.3, 0.4) is 0 Å². The van der Waals surface area contributed by atoms with E-state index in [-0.39, 0.29) is 35.1 Å². The number of anilines is 1. The molecule has 3 amide bonds. The first kappa shape index (κ1) is 27.8. The van der Waals surface area contributed by atoms with Crippen LogP contribution in [0, 0.1) is 12.8 Å². The highest BCUT2D eigenvalue weighted by Crippen LogP contribution is 2.35. The fourth-order valence-electron chi connectivity index (χ4n) is 3.62. The molecule has 2 N–H and O–H groups in total. The molecule has 1 saturated carbocycles. The monoisotopic (exact) mass is 525 g/mol. The number of ether oxygens (including phenoxy) is 2. The minimum Gasteiger partial charge on any atom is -0.431 e. The van der Waals surface area contributed by atoms with Gasteiger partial charge in [-0.05, 0) is 49.1 Å². The Balaban J connectivity index is 1.96. The van der Waals surface area contributed by atoms with Crippen LogP contribution in [0.15, 0.2) is 36.4 Å². The van der Waals surface area contributed by atoms with Crippen molar-refractivity contribution in [2.45, 2.75) is 45.5 Å². The van der Waals surface area contributed by atoms with E-state index in [9.17, 15) is 31.9 Å². The molecular weight excluding hydrogens is 498 g/mol. The molecule has 12 heteroatoms. The second kappa shape index (κ2) is 11.9. The smallest absolute Gasteiger partial charge is 0.387 e. The Hall–Kier alpha value is -3.83. The van der Waals surface area contributed by atoms with Crippen LogP contribution in [0.1, 0.15) is 46.8 Å². The molecule has 0 bridgehead atoms. The van der Waals surface area contributed by atoms with Gasteiger partial charge < -0.3 is 25.0 Å². The number of aryl methyl sites for hydroxylation is 1. The van der Waals surface area contributed by atoms with Crippen molar-refractivity contribution >= 4 is 23.4 Å². The van der Waals surface area contributed by atoms with Crippen LogP contribution in [0.2, 0.25) is 0 Å². The van der Waals surface area contributed by atoms with Crippen LogP contribution in [0.25, 0.3) is 0 Å². The first-order valence-electron chi connectivity index (χ1n) is 11.4. The van der Waals surface area contributed by atoms with Gasteiger partial charge in [0.1, 0.15) is 0 Å². The predicted molar refractivity (Wildman–Crippen MR) is 126 cm³/mol. The molecule has 0 spiro atoms. The number of hydrogen-bond acceptors (Lipinski definition) is 5. The first-order chi connectivity index (χ1) is 17.5. The number of halogens is 4. The molecule has 1 aliphatic rings. The molecule has 0 radical (unpaired) electrons. The maximum Gasteiger partial charge on any atom is 0.387 e. The summed E-state index contributed by atoms with van der Waals surface area (Å²) in [5, 5.41) is 5.46. The fraction of sp³-hybridized carbons (Fsp3) is 0.400. The van der Waals surface area contributed by atoms with E-state index < -0.39 is 42.6 Å². The maximum atomic E-state index is 13.4. The Morgan fingerprint density at radius 3 is 2.24 bits per heavy atom. The maximum absolute atomic E-state index is 13.4. The van der Waals surface area contributed by atoms with Crippen LogP contribution < -0.4 is 20.1 Å². The molecule has 1 unspecified atom stereocenters. The van der Waals surface area contributed by atoms with Gasteiger partial charge in [-0.15, -0.1) is 0 Å². The van der Waals surface area contributed by atoms with Crippen molar-refractivity contribution in [2.24, 2.45) is 5.92 Å². The summed E-state index contributed by atoms with van der Waals surface area (Å²) in [6, 6.07) is 7.13. The minimum atomic E-state index is -3.34. The molecule has 2 aromatic rings. The Morgan fingerprint density at radius 1 is 1.00 bits per heavy atom. The second-order valence-corrected chi connectivity index (χ2v) is 8.74. The molecule has 0 saturated heterocycles.